The molecule has 0 bridgehead atoms. The SMILES string of the molecule is CN(C)CC[As](C)C(=O)CC[C@H](N)C(=O)O. The predicted molar refractivity (Wildman–Crippen MR) is 64.8 cm³/mol. The van der Waals surface area contributed by atoms with E-state index in [0.29, 0.717) is 6.42 Å². The second-order valence-corrected chi connectivity index (χ2v) is 9.02. The van der Waals surface area contributed by atoms with Gasteiger partial charge < -0.3 is 0 Å². The van der Waals surface area contributed by atoms with Crippen LogP contribution in [0.2, 0.25) is 10.9 Å². The standard InChI is InChI=1S/C10H21AsN2O3/c1-11(6-7-13(2)3)9(14)5-4-8(12)10(15)16/h8H,4-7,12H2,1-3H3,(H,15,16)/t8-,11?/m0/s1. The Morgan fingerprint density at radius 2 is 2.00 bits per heavy atom. The summed E-state index contributed by atoms with van der Waals surface area (Å²) in [6.45, 7) is 0.924. The molecule has 6 heteroatoms. The van der Waals surface area contributed by atoms with Crippen LogP contribution in [-0.4, -0.2) is 61.9 Å². The van der Waals surface area contributed by atoms with Gasteiger partial charge in [0.05, 0.1) is 0 Å². The second kappa shape index (κ2) is 7.82. The third-order valence-corrected chi connectivity index (χ3v) is 6.38. The van der Waals surface area contributed by atoms with Crippen molar-refractivity contribution >= 4 is 25.2 Å². The normalized spacial score (nSPS) is 14.8. The van der Waals surface area contributed by atoms with Crippen LogP contribution in [0.25, 0.3) is 0 Å². The zero-order chi connectivity index (χ0) is 12.7. The molecule has 1 unspecified atom stereocenters. The number of hydrogen-bond acceptors (Lipinski definition) is 4. The summed E-state index contributed by atoms with van der Waals surface area (Å²) in [4.78, 5) is 24.2. The van der Waals surface area contributed by atoms with Crippen molar-refractivity contribution in [1.29, 1.82) is 0 Å². The average molecular weight is 292 g/mol. The Hall–Kier alpha value is -0.382. The maximum absolute atomic E-state index is 11.7. The van der Waals surface area contributed by atoms with Gasteiger partial charge in [0.25, 0.3) is 0 Å². The first kappa shape index (κ1) is 15.6. The molecule has 0 amide bonds. The van der Waals surface area contributed by atoms with Crippen molar-refractivity contribution in [2.45, 2.75) is 29.8 Å². The zero-order valence-corrected chi connectivity index (χ0v) is 12.0. The molecular weight excluding hydrogens is 271 g/mol. The number of carboxylic acids is 1. The number of nitrogens with zero attached hydrogens (tertiary/aromatic N) is 1. The molecule has 94 valence electrons. The van der Waals surface area contributed by atoms with Crippen molar-refractivity contribution in [2.24, 2.45) is 5.73 Å². The van der Waals surface area contributed by atoms with Crippen LogP contribution < -0.4 is 5.73 Å². The molecular formula is C10H21AsN2O3. The number of nitrogens with two attached hydrogens (primary N) is 1. The van der Waals surface area contributed by atoms with Gasteiger partial charge in [-0.05, 0) is 0 Å². The summed E-state index contributed by atoms with van der Waals surface area (Å²) in [6.07, 6.45) is 0.576. The van der Waals surface area contributed by atoms with Crippen LogP contribution >= 0.6 is 0 Å². The van der Waals surface area contributed by atoms with Crippen molar-refractivity contribution in [2.75, 3.05) is 20.6 Å². The van der Waals surface area contributed by atoms with Gasteiger partial charge in [0, 0.05) is 0 Å². The summed E-state index contributed by atoms with van der Waals surface area (Å²) in [5.74, 6) is -1.03. The van der Waals surface area contributed by atoms with E-state index in [1.54, 1.807) is 0 Å². The van der Waals surface area contributed by atoms with Gasteiger partial charge in [0.15, 0.2) is 0 Å². The van der Waals surface area contributed by atoms with Gasteiger partial charge in [-0.25, -0.2) is 0 Å². The van der Waals surface area contributed by atoms with E-state index in [-0.39, 0.29) is 11.0 Å². The number of rotatable bonds is 8. The molecule has 3 N–H and O–H groups in total. The molecule has 0 aliphatic carbocycles. The first-order valence-electron chi connectivity index (χ1n) is 5.21. The van der Waals surface area contributed by atoms with Crippen LogP contribution in [0.5, 0.6) is 0 Å². The van der Waals surface area contributed by atoms with Crippen molar-refractivity contribution in [1.82, 2.24) is 4.90 Å². The Morgan fingerprint density at radius 1 is 1.44 bits per heavy atom. The Morgan fingerprint density at radius 3 is 2.44 bits per heavy atom. The number of carbonyl (C=O) groups excluding carboxylic acids is 1. The first-order chi connectivity index (χ1) is 7.34. The Labute approximate surface area is 101 Å². The minimum absolute atomic E-state index is 0.242. The molecule has 0 aromatic carbocycles. The first-order valence-corrected chi connectivity index (χ1v) is 9.36. The van der Waals surface area contributed by atoms with E-state index in [1.807, 2.05) is 19.8 Å². The van der Waals surface area contributed by atoms with E-state index in [0.717, 1.165) is 11.8 Å². The zero-order valence-electron chi connectivity index (χ0n) is 10.1. The quantitative estimate of drug-likeness (QED) is 0.614. The molecule has 0 aliphatic rings. The summed E-state index contributed by atoms with van der Waals surface area (Å²) in [6, 6.07) is -0.903. The van der Waals surface area contributed by atoms with Crippen LogP contribution in [0.3, 0.4) is 0 Å². The molecule has 0 saturated heterocycles. The Balaban J connectivity index is 3.83. The predicted octanol–water partition coefficient (Wildman–Crippen LogP) is -0.0270. The Bertz CT molecular complexity index is 246. The summed E-state index contributed by atoms with van der Waals surface area (Å²) >= 11 is -1.44. The fraction of sp³-hybridized carbons (Fsp3) is 0.800. The van der Waals surface area contributed by atoms with Gasteiger partial charge in [-0.1, -0.05) is 0 Å². The molecule has 16 heavy (non-hydrogen) atoms. The van der Waals surface area contributed by atoms with Gasteiger partial charge in [0.2, 0.25) is 0 Å². The molecule has 0 aromatic rings. The van der Waals surface area contributed by atoms with Crippen LogP contribution in [0.1, 0.15) is 12.8 Å². The number of aliphatic carboxylic acids is 1. The van der Waals surface area contributed by atoms with Gasteiger partial charge in [-0.2, -0.15) is 0 Å². The monoisotopic (exact) mass is 292 g/mol. The maximum atomic E-state index is 11.7. The number of carboxylic acid groups (broad SMARTS) is 1. The van der Waals surface area contributed by atoms with Crippen LogP contribution in [0, 0.1) is 0 Å². The van der Waals surface area contributed by atoms with Gasteiger partial charge in [0.1, 0.15) is 0 Å². The van der Waals surface area contributed by atoms with Crippen molar-refractivity contribution < 1.29 is 14.7 Å². The summed E-state index contributed by atoms with van der Waals surface area (Å²) in [5, 5.41) is 9.52. The van der Waals surface area contributed by atoms with Gasteiger partial charge >= 0.3 is 101 Å². The molecule has 0 spiro atoms. The van der Waals surface area contributed by atoms with E-state index >= 15 is 0 Å². The van der Waals surface area contributed by atoms with E-state index in [9.17, 15) is 9.59 Å². The van der Waals surface area contributed by atoms with Crippen LogP contribution in [0.15, 0.2) is 0 Å². The molecule has 0 fully saturated rings. The van der Waals surface area contributed by atoms with Crippen molar-refractivity contribution in [3.63, 3.8) is 0 Å². The molecule has 0 aliphatic heterocycles. The van der Waals surface area contributed by atoms with E-state index in [2.05, 4.69) is 4.90 Å². The Kier molecular flexibility index (Phi) is 7.63. The third-order valence-electron chi connectivity index (χ3n) is 2.29. The molecule has 2 atom stereocenters. The minimum atomic E-state index is -1.44. The second-order valence-electron chi connectivity index (χ2n) is 4.10. The van der Waals surface area contributed by atoms with E-state index < -0.39 is 26.7 Å². The molecule has 0 heterocycles. The number of hydrogen-bond donors (Lipinski definition) is 2. The van der Waals surface area contributed by atoms with Gasteiger partial charge in [-0.3, -0.25) is 0 Å². The molecule has 5 nitrogen and oxygen atoms in total. The molecule has 0 saturated carbocycles. The molecule has 0 radical (unpaired) electrons. The van der Waals surface area contributed by atoms with Crippen LogP contribution in [-0.2, 0) is 9.59 Å². The van der Waals surface area contributed by atoms with E-state index in [4.69, 9.17) is 10.8 Å². The summed E-state index contributed by atoms with van der Waals surface area (Å²) in [5.41, 5.74) is 7.36. The van der Waals surface area contributed by atoms with Crippen molar-refractivity contribution in [3.05, 3.63) is 0 Å². The summed E-state index contributed by atoms with van der Waals surface area (Å²) < 4.78 is 0.242. The third kappa shape index (κ3) is 6.99. The molecule has 0 rings (SSSR count). The molecule has 0 aromatic heterocycles. The topological polar surface area (TPSA) is 83.6 Å². The fourth-order valence-corrected chi connectivity index (χ4v) is 4.13. The summed E-state index contributed by atoms with van der Waals surface area (Å²) in [7, 11) is 3.96. The number of carbonyl (C=O) groups is 2. The average Bonchev–Trinajstić information content (AvgIpc) is 2.21. The fourth-order valence-electron chi connectivity index (χ4n) is 1.07. The van der Waals surface area contributed by atoms with Crippen LogP contribution in [0.4, 0.5) is 0 Å². The van der Waals surface area contributed by atoms with Gasteiger partial charge in [-0.15, -0.1) is 0 Å². The van der Waals surface area contributed by atoms with Crippen molar-refractivity contribution in [3.8, 4) is 0 Å². The van der Waals surface area contributed by atoms with E-state index in [1.165, 1.54) is 0 Å².